The molecule has 0 saturated carbocycles. The van der Waals surface area contributed by atoms with Crippen LogP contribution < -0.4 is 0 Å². The maximum absolute atomic E-state index is 12.9. The van der Waals surface area contributed by atoms with Crippen LogP contribution in [0.5, 0.6) is 0 Å². The van der Waals surface area contributed by atoms with Crippen molar-refractivity contribution in [1.29, 1.82) is 0 Å². The van der Waals surface area contributed by atoms with Crippen LogP contribution in [0.2, 0.25) is 0 Å². The molecule has 0 aliphatic carbocycles. The third kappa shape index (κ3) is 2.96. The summed E-state index contributed by atoms with van der Waals surface area (Å²) < 4.78 is 27.5. The normalized spacial score (nSPS) is 24.5. The van der Waals surface area contributed by atoms with Crippen LogP contribution in [0.3, 0.4) is 0 Å². The number of nitrogens with zero attached hydrogens (tertiary/aromatic N) is 1. The first kappa shape index (κ1) is 15.3. The van der Waals surface area contributed by atoms with E-state index in [9.17, 15) is 8.42 Å². The quantitative estimate of drug-likeness (QED) is 0.797. The van der Waals surface area contributed by atoms with Gasteiger partial charge in [-0.05, 0) is 45.2 Å². The van der Waals surface area contributed by atoms with Gasteiger partial charge in [-0.15, -0.1) is 6.58 Å². The van der Waals surface area contributed by atoms with Gasteiger partial charge in [0.15, 0.2) is 0 Å². The van der Waals surface area contributed by atoms with Gasteiger partial charge in [-0.25, -0.2) is 8.42 Å². The summed E-state index contributed by atoms with van der Waals surface area (Å²) in [5.74, 6) is 0. The van der Waals surface area contributed by atoms with Gasteiger partial charge in [0.05, 0.1) is 4.90 Å². The highest BCUT2D eigenvalue weighted by molar-refractivity contribution is 7.89. The first-order chi connectivity index (χ1) is 9.46. The second kappa shape index (κ2) is 6.10. The molecule has 0 spiro atoms. The number of benzene rings is 1. The molecule has 1 heterocycles. The molecule has 1 aliphatic heterocycles. The molecule has 2 atom stereocenters. The number of aryl methyl sites for hydroxylation is 1. The Balaban J connectivity index is 2.38. The van der Waals surface area contributed by atoms with Crippen LogP contribution in [0.15, 0.2) is 41.8 Å². The summed E-state index contributed by atoms with van der Waals surface area (Å²) >= 11 is 0. The molecule has 0 aromatic heterocycles. The summed E-state index contributed by atoms with van der Waals surface area (Å²) in [5.41, 5.74) is 1.07. The summed E-state index contributed by atoms with van der Waals surface area (Å²) in [5, 5.41) is 0. The predicted octanol–water partition coefficient (Wildman–Crippen LogP) is 3.50. The van der Waals surface area contributed by atoms with Gasteiger partial charge in [0.25, 0.3) is 0 Å². The second-order valence-corrected chi connectivity index (χ2v) is 7.45. The topological polar surface area (TPSA) is 37.4 Å². The molecule has 0 N–H and O–H groups in total. The fourth-order valence-corrected chi connectivity index (χ4v) is 4.83. The van der Waals surface area contributed by atoms with Crippen molar-refractivity contribution in [1.82, 2.24) is 4.31 Å². The molecule has 1 aromatic carbocycles. The largest absolute Gasteiger partial charge is 0.243 e. The van der Waals surface area contributed by atoms with Crippen LogP contribution in [0.1, 0.15) is 38.2 Å². The maximum atomic E-state index is 12.9. The lowest BCUT2D eigenvalue weighted by molar-refractivity contribution is 0.192. The molecule has 0 amide bonds. The Labute approximate surface area is 122 Å². The van der Waals surface area contributed by atoms with E-state index in [0.717, 1.165) is 31.2 Å². The average Bonchev–Trinajstić information content (AvgIpc) is 2.39. The lowest BCUT2D eigenvalue weighted by Gasteiger charge is -2.39. The zero-order valence-corrected chi connectivity index (χ0v) is 13.1. The third-order valence-electron chi connectivity index (χ3n) is 3.99. The number of hydrogen-bond donors (Lipinski definition) is 0. The highest BCUT2D eigenvalue weighted by atomic mass is 32.2. The molecule has 1 fully saturated rings. The summed E-state index contributed by atoms with van der Waals surface area (Å²) in [4.78, 5) is 0.394. The van der Waals surface area contributed by atoms with Gasteiger partial charge in [0, 0.05) is 12.1 Å². The predicted molar refractivity (Wildman–Crippen MR) is 82.1 cm³/mol. The van der Waals surface area contributed by atoms with Gasteiger partial charge < -0.3 is 0 Å². The van der Waals surface area contributed by atoms with Crippen LogP contribution in [-0.2, 0) is 10.0 Å². The molecule has 4 heteroatoms. The smallest absolute Gasteiger partial charge is 0.207 e. The molecule has 20 heavy (non-hydrogen) atoms. The van der Waals surface area contributed by atoms with Crippen LogP contribution in [0.25, 0.3) is 0 Å². The molecule has 1 aromatic rings. The van der Waals surface area contributed by atoms with E-state index in [4.69, 9.17) is 0 Å². The lowest BCUT2D eigenvalue weighted by Crippen LogP contribution is -2.48. The molecule has 3 nitrogen and oxygen atoms in total. The van der Waals surface area contributed by atoms with E-state index in [0.29, 0.717) is 4.90 Å². The minimum atomic E-state index is -3.41. The Morgan fingerprint density at radius 3 is 2.55 bits per heavy atom. The van der Waals surface area contributed by atoms with Gasteiger partial charge in [-0.2, -0.15) is 4.31 Å². The van der Waals surface area contributed by atoms with Crippen LogP contribution in [0.4, 0.5) is 0 Å². The van der Waals surface area contributed by atoms with Crippen LogP contribution >= 0.6 is 0 Å². The Kier molecular flexibility index (Phi) is 4.66. The average molecular weight is 293 g/mol. The third-order valence-corrected chi connectivity index (χ3v) is 6.07. The Bertz CT molecular complexity index is 563. The van der Waals surface area contributed by atoms with Crippen molar-refractivity contribution in [3.63, 3.8) is 0 Å². The van der Waals surface area contributed by atoms with Gasteiger partial charge in [-0.1, -0.05) is 30.2 Å². The standard InChI is InChI=1S/C16H23NO2S/c1-4-6-15-8-5-7-14(3)17(15)20(18,19)16-11-9-13(2)10-12-16/h4,9-12,14-15H,1,5-8H2,2-3H3/t14-,15+/m0/s1. The summed E-state index contributed by atoms with van der Waals surface area (Å²) in [6.45, 7) is 7.72. The SMILES string of the molecule is C=CC[C@@H]1CCC[C@H](C)N1S(=O)(=O)c1ccc(C)cc1. The van der Waals surface area contributed by atoms with E-state index in [1.54, 1.807) is 16.4 Å². The zero-order chi connectivity index (χ0) is 14.8. The molecule has 2 rings (SSSR count). The Hall–Kier alpha value is -1.13. The minimum Gasteiger partial charge on any atom is -0.207 e. The number of sulfonamides is 1. The first-order valence-electron chi connectivity index (χ1n) is 7.18. The lowest BCUT2D eigenvalue weighted by atomic mass is 9.97. The van der Waals surface area contributed by atoms with E-state index in [1.165, 1.54) is 0 Å². The number of hydrogen-bond acceptors (Lipinski definition) is 2. The van der Waals surface area contributed by atoms with E-state index < -0.39 is 10.0 Å². The van der Waals surface area contributed by atoms with Crippen molar-refractivity contribution >= 4 is 10.0 Å². The highest BCUT2D eigenvalue weighted by Gasteiger charge is 2.37. The monoisotopic (exact) mass is 293 g/mol. The highest BCUT2D eigenvalue weighted by Crippen LogP contribution is 2.31. The van der Waals surface area contributed by atoms with E-state index in [1.807, 2.05) is 32.1 Å². The molecule has 1 aliphatic rings. The maximum Gasteiger partial charge on any atom is 0.243 e. The summed E-state index contributed by atoms with van der Waals surface area (Å²) in [6.07, 6.45) is 5.47. The van der Waals surface area contributed by atoms with Crippen LogP contribution in [-0.4, -0.2) is 24.8 Å². The first-order valence-corrected chi connectivity index (χ1v) is 8.62. The van der Waals surface area contributed by atoms with Crippen molar-refractivity contribution in [3.8, 4) is 0 Å². The van der Waals surface area contributed by atoms with E-state index >= 15 is 0 Å². The fraction of sp³-hybridized carbons (Fsp3) is 0.500. The van der Waals surface area contributed by atoms with Crippen molar-refractivity contribution in [2.24, 2.45) is 0 Å². The van der Waals surface area contributed by atoms with Crippen molar-refractivity contribution < 1.29 is 8.42 Å². The second-order valence-electron chi connectivity index (χ2n) is 5.61. The van der Waals surface area contributed by atoms with E-state index in [-0.39, 0.29) is 12.1 Å². The van der Waals surface area contributed by atoms with Gasteiger partial charge in [0.1, 0.15) is 0 Å². The number of rotatable bonds is 4. The summed E-state index contributed by atoms with van der Waals surface area (Å²) in [7, 11) is -3.41. The molecular weight excluding hydrogens is 270 g/mol. The van der Waals surface area contributed by atoms with Gasteiger partial charge in [-0.3, -0.25) is 0 Å². The molecule has 0 radical (unpaired) electrons. The van der Waals surface area contributed by atoms with Crippen molar-refractivity contribution in [2.45, 2.75) is 56.5 Å². The molecular formula is C16H23NO2S. The van der Waals surface area contributed by atoms with Crippen LogP contribution in [0, 0.1) is 6.92 Å². The summed E-state index contributed by atoms with van der Waals surface area (Å²) in [6, 6.07) is 7.21. The Morgan fingerprint density at radius 2 is 1.95 bits per heavy atom. The molecule has 1 saturated heterocycles. The van der Waals surface area contributed by atoms with Gasteiger partial charge >= 0.3 is 0 Å². The minimum absolute atomic E-state index is 0.0440. The fourth-order valence-electron chi connectivity index (χ4n) is 2.94. The molecule has 110 valence electrons. The molecule has 0 unspecified atom stereocenters. The van der Waals surface area contributed by atoms with Gasteiger partial charge in [0.2, 0.25) is 10.0 Å². The van der Waals surface area contributed by atoms with Crippen molar-refractivity contribution in [2.75, 3.05) is 0 Å². The Morgan fingerprint density at radius 1 is 1.30 bits per heavy atom. The van der Waals surface area contributed by atoms with Crippen molar-refractivity contribution in [3.05, 3.63) is 42.5 Å². The molecule has 0 bridgehead atoms. The number of piperidine rings is 1. The van der Waals surface area contributed by atoms with E-state index in [2.05, 4.69) is 6.58 Å². The zero-order valence-electron chi connectivity index (χ0n) is 12.2.